The molecule has 0 radical (unpaired) electrons. The van der Waals surface area contributed by atoms with Gasteiger partial charge in [-0.2, -0.15) is 5.10 Å². The average Bonchev–Trinajstić information content (AvgIpc) is 2.62. The number of carbonyl (C=O) groups is 1. The van der Waals surface area contributed by atoms with E-state index < -0.39 is 0 Å². The van der Waals surface area contributed by atoms with E-state index >= 15 is 0 Å². The van der Waals surface area contributed by atoms with Crippen LogP contribution in [-0.2, 0) is 0 Å². The summed E-state index contributed by atoms with van der Waals surface area (Å²) in [4.78, 5) is 20.6. The average molecular weight is 313 g/mol. The molecule has 3 heterocycles. The molecule has 120 valence electrons. The number of ether oxygens (including phenoxy) is 1. The first kappa shape index (κ1) is 15.2. The number of amides is 1. The molecule has 23 heavy (non-hydrogen) atoms. The molecule has 0 saturated carbocycles. The number of hydrogen-bond acceptors (Lipinski definition) is 6. The molecule has 0 aromatic carbocycles. The summed E-state index contributed by atoms with van der Waals surface area (Å²) >= 11 is 0. The monoisotopic (exact) mass is 313 g/mol. The SMILES string of the molecule is COc1cc(C(=O)N2CCN(c3ccc(C)nn3)CC2)ccn1. The number of piperazine rings is 1. The zero-order valence-electron chi connectivity index (χ0n) is 13.3. The highest BCUT2D eigenvalue weighted by Crippen LogP contribution is 2.16. The third-order valence-corrected chi connectivity index (χ3v) is 3.87. The number of pyridine rings is 1. The molecule has 0 spiro atoms. The lowest BCUT2D eigenvalue weighted by atomic mass is 10.2. The van der Waals surface area contributed by atoms with E-state index in [1.54, 1.807) is 18.3 Å². The van der Waals surface area contributed by atoms with E-state index in [0.717, 1.165) is 24.6 Å². The van der Waals surface area contributed by atoms with Crippen LogP contribution in [-0.4, -0.2) is 59.3 Å². The summed E-state index contributed by atoms with van der Waals surface area (Å²) in [6.07, 6.45) is 1.59. The van der Waals surface area contributed by atoms with Gasteiger partial charge in [-0.1, -0.05) is 0 Å². The van der Waals surface area contributed by atoms with E-state index in [1.807, 2.05) is 24.0 Å². The maximum Gasteiger partial charge on any atom is 0.254 e. The molecule has 2 aromatic rings. The number of rotatable bonds is 3. The fraction of sp³-hybridized carbons (Fsp3) is 0.375. The number of hydrogen-bond donors (Lipinski definition) is 0. The summed E-state index contributed by atoms with van der Waals surface area (Å²) in [6, 6.07) is 7.29. The van der Waals surface area contributed by atoms with Crippen LogP contribution in [0.15, 0.2) is 30.5 Å². The van der Waals surface area contributed by atoms with Crippen LogP contribution in [0.25, 0.3) is 0 Å². The van der Waals surface area contributed by atoms with Crippen LogP contribution < -0.4 is 9.64 Å². The van der Waals surface area contributed by atoms with Crippen molar-refractivity contribution in [1.82, 2.24) is 20.1 Å². The first-order chi connectivity index (χ1) is 11.2. The highest BCUT2D eigenvalue weighted by atomic mass is 16.5. The molecular formula is C16H19N5O2. The van der Waals surface area contributed by atoms with E-state index in [4.69, 9.17) is 4.74 Å². The maximum absolute atomic E-state index is 12.6. The largest absolute Gasteiger partial charge is 0.481 e. The van der Waals surface area contributed by atoms with E-state index in [9.17, 15) is 4.79 Å². The van der Waals surface area contributed by atoms with Crippen LogP contribution in [0.4, 0.5) is 5.82 Å². The Labute approximate surface area is 134 Å². The minimum atomic E-state index is 0.000315. The third-order valence-electron chi connectivity index (χ3n) is 3.87. The second-order valence-electron chi connectivity index (χ2n) is 5.40. The molecule has 7 heteroatoms. The van der Waals surface area contributed by atoms with Crippen molar-refractivity contribution in [3.63, 3.8) is 0 Å². The van der Waals surface area contributed by atoms with Gasteiger partial charge in [-0.05, 0) is 25.1 Å². The van der Waals surface area contributed by atoms with Crippen molar-refractivity contribution in [2.75, 3.05) is 38.2 Å². The van der Waals surface area contributed by atoms with Crippen LogP contribution in [0.3, 0.4) is 0 Å². The van der Waals surface area contributed by atoms with Crippen LogP contribution in [0.5, 0.6) is 5.88 Å². The highest BCUT2D eigenvalue weighted by Gasteiger charge is 2.23. The summed E-state index contributed by atoms with van der Waals surface area (Å²) < 4.78 is 5.07. The van der Waals surface area contributed by atoms with Crippen molar-refractivity contribution < 1.29 is 9.53 Å². The Kier molecular flexibility index (Phi) is 4.36. The molecular weight excluding hydrogens is 294 g/mol. The molecule has 1 aliphatic rings. The number of nitrogens with zero attached hydrogens (tertiary/aromatic N) is 5. The quantitative estimate of drug-likeness (QED) is 0.846. The Hall–Kier alpha value is -2.70. The first-order valence-corrected chi connectivity index (χ1v) is 7.52. The lowest BCUT2D eigenvalue weighted by Gasteiger charge is -2.35. The minimum absolute atomic E-state index is 0.000315. The van der Waals surface area contributed by atoms with Crippen LogP contribution in [0, 0.1) is 6.92 Å². The smallest absolute Gasteiger partial charge is 0.254 e. The summed E-state index contributed by atoms with van der Waals surface area (Å²) in [6.45, 7) is 4.70. The van der Waals surface area contributed by atoms with Gasteiger partial charge < -0.3 is 14.5 Å². The predicted octanol–water partition coefficient (Wildman–Crippen LogP) is 1.15. The topological polar surface area (TPSA) is 71.5 Å². The standard InChI is InChI=1S/C16H19N5O2/c1-12-3-4-14(19-18-12)20-7-9-21(10-8-20)16(22)13-5-6-17-15(11-13)23-2/h3-6,11H,7-10H2,1-2H3. The molecule has 0 unspecified atom stereocenters. The number of methoxy groups -OCH3 is 1. The fourth-order valence-corrected chi connectivity index (χ4v) is 2.54. The zero-order chi connectivity index (χ0) is 16.2. The molecule has 1 aliphatic heterocycles. The van der Waals surface area contributed by atoms with Crippen molar-refractivity contribution in [1.29, 1.82) is 0 Å². The van der Waals surface area contributed by atoms with Gasteiger partial charge in [0, 0.05) is 44.0 Å². The van der Waals surface area contributed by atoms with Gasteiger partial charge >= 0.3 is 0 Å². The number of carbonyl (C=O) groups excluding carboxylic acids is 1. The van der Waals surface area contributed by atoms with Gasteiger partial charge in [-0.15, -0.1) is 5.10 Å². The lowest BCUT2D eigenvalue weighted by molar-refractivity contribution is 0.0746. The second kappa shape index (κ2) is 6.60. The molecule has 0 aliphatic carbocycles. The zero-order valence-corrected chi connectivity index (χ0v) is 13.3. The Morgan fingerprint density at radius 3 is 2.57 bits per heavy atom. The van der Waals surface area contributed by atoms with Gasteiger partial charge in [-0.3, -0.25) is 4.79 Å². The summed E-state index contributed by atoms with van der Waals surface area (Å²) in [5.74, 6) is 1.30. The summed E-state index contributed by atoms with van der Waals surface area (Å²) in [5, 5.41) is 8.28. The van der Waals surface area contributed by atoms with Crippen molar-refractivity contribution in [2.45, 2.75) is 6.92 Å². The van der Waals surface area contributed by atoms with Crippen LogP contribution in [0.2, 0.25) is 0 Å². The van der Waals surface area contributed by atoms with Crippen molar-refractivity contribution in [3.8, 4) is 5.88 Å². The lowest BCUT2D eigenvalue weighted by Crippen LogP contribution is -2.49. The number of aryl methyl sites for hydroxylation is 1. The van der Waals surface area contributed by atoms with Gasteiger partial charge in [0.05, 0.1) is 12.8 Å². The normalized spacial score (nSPS) is 14.7. The van der Waals surface area contributed by atoms with E-state index in [0.29, 0.717) is 24.5 Å². The molecule has 0 bridgehead atoms. The van der Waals surface area contributed by atoms with Gasteiger partial charge in [-0.25, -0.2) is 4.98 Å². The van der Waals surface area contributed by atoms with Gasteiger partial charge in [0.1, 0.15) is 0 Å². The minimum Gasteiger partial charge on any atom is -0.481 e. The molecule has 1 fully saturated rings. The van der Waals surface area contributed by atoms with Gasteiger partial charge in [0.25, 0.3) is 5.91 Å². The molecule has 3 rings (SSSR count). The van der Waals surface area contributed by atoms with Crippen LogP contribution >= 0.6 is 0 Å². The molecule has 0 N–H and O–H groups in total. The Morgan fingerprint density at radius 2 is 1.91 bits per heavy atom. The third kappa shape index (κ3) is 3.39. The van der Waals surface area contributed by atoms with E-state index in [2.05, 4.69) is 20.1 Å². The van der Waals surface area contributed by atoms with Crippen molar-refractivity contribution >= 4 is 11.7 Å². The molecule has 2 aromatic heterocycles. The predicted molar refractivity (Wildman–Crippen MR) is 85.7 cm³/mol. The number of aromatic nitrogens is 3. The Morgan fingerprint density at radius 1 is 1.13 bits per heavy atom. The second-order valence-corrected chi connectivity index (χ2v) is 5.40. The van der Waals surface area contributed by atoms with E-state index in [1.165, 1.54) is 7.11 Å². The molecule has 7 nitrogen and oxygen atoms in total. The highest BCUT2D eigenvalue weighted by molar-refractivity contribution is 5.94. The summed E-state index contributed by atoms with van der Waals surface area (Å²) in [5.41, 5.74) is 1.50. The molecule has 1 saturated heterocycles. The van der Waals surface area contributed by atoms with Crippen molar-refractivity contribution in [2.24, 2.45) is 0 Å². The van der Waals surface area contributed by atoms with Gasteiger partial charge in [0.15, 0.2) is 5.82 Å². The summed E-state index contributed by atoms with van der Waals surface area (Å²) in [7, 11) is 1.54. The number of anilines is 1. The first-order valence-electron chi connectivity index (χ1n) is 7.52. The van der Waals surface area contributed by atoms with Crippen LogP contribution in [0.1, 0.15) is 16.1 Å². The van der Waals surface area contributed by atoms with Gasteiger partial charge in [0.2, 0.25) is 5.88 Å². The Balaban J connectivity index is 1.64. The molecule has 1 amide bonds. The van der Waals surface area contributed by atoms with E-state index in [-0.39, 0.29) is 5.91 Å². The maximum atomic E-state index is 12.6. The fourth-order valence-electron chi connectivity index (χ4n) is 2.54. The Bertz CT molecular complexity index is 681. The van der Waals surface area contributed by atoms with Crippen molar-refractivity contribution in [3.05, 3.63) is 41.7 Å². The molecule has 0 atom stereocenters.